The average molecular weight is 327 g/mol. The minimum atomic E-state index is -0.243. The first-order chi connectivity index (χ1) is 11.7. The molecule has 2 aromatic rings. The van der Waals surface area contributed by atoms with Crippen molar-refractivity contribution < 1.29 is 4.79 Å². The molecule has 24 heavy (non-hydrogen) atoms. The van der Waals surface area contributed by atoms with Gasteiger partial charge in [-0.3, -0.25) is 9.78 Å². The molecular formula is C16H21N7O. The van der Waals surface area contributed by atoms with Gasteiger partial charge in [-0.15, -0.1) is 0 Å². The molecule has 1 aliphatic rings. The van der Waals surface area contributed by atoms with Crippen molar-refractivity contribution in [2.75, 3.05) is 36.4 Å². The molecule has 1 amide bonds. The molecule has 0 aromatic carbocycles. The summed E-state index contributed by atoms with van der Waals surface area (Å²) in [6.07, 6.45) is 6.88. The highest BCUT2D eigenvalue weighted by Crippen LogP contribution is 2.19. The van der Waals surface area contributed by atoms with Crippen LogP contribution in [-0.2, 0) is 0 Å². The quantitative estimate of drug-likeness (QED) is 0.765. The van der Waals surface area contributed by atoms with Crippen LogP contribution < -0.4 is 15.5 Å². The molecule has 0 bridgehead atoms. The van der Waals surface area contributed by atoms with E-state index in [0.717, 1.165) is 24.6 Å². The normalized spacial score (nSPS) is 13.8. The van der Waals surface area contributed by atoms with Gasteiger partial charge in [0.2, 0.25) is 5.95 Å². The molecule has 8 nitrogen and oxygen atoms in total. The minimum absolute atomic E-state index is 0.243. The molecule has 0 radical (unpaired) electrons. The molecule has 0 saturated carbocycles. The van der Waals surface area contributed by atoms with E-state index < -0.39 is 0 Å². The van der Waals surface area contributed by atoms with Crippen LogP contribution in [0.2, 0.25) is 0 Å². The second-order valence-corrected chi connectivity index (χ2v) is 5.66. The molecule has 3 heterocycles. The van der Waals surface area contributed by atoms with E-state index in [-0.39, 0.29) is 5.91 Å². The van der Waals surface area contributed by atoms with E-state index in [0.29, 0.717) is 24.7 Å². The molecule has 3 rings (SSSR count). The summed E-state index contributed by atoms with van der Waals surface area (Å²) in [5, 5.41) is 5.94. The maximum atomic E-state index is 11.9. The molecule has 0 spiro atoms. The van der Waals surface area contributed by atoms with Gasteiger partial charge in [0.1, 0.15) is 11.5 Å². The fourth-order valence-corrected chi connectivity index (χ4v) is 2.60. The highest BCUT2D eigenvalue weighted by Gasteiger charge is 2.15. The lowest BCUT2D eigenvalue weighted by Gasteiger charge is -2.17. The lowest BCUT2D eigenvalue weighted by atomic mass is 10.4. The molecule has 0 aliphatic carbocycles. The van der Waals surface area contributed by atoms with Gasteiger partial charge in [-0.05, 0) is 19.8 Å². The third-order valence-corrected chi connectivity index (χ3v) is 3.76. The van der Waals surface area contributed by atoms with Gasteiger partial charge in [-0.25, -0.2) is 9.97 Å². The first kappa shape index (κ1) is 16.1. The van der Waals surface area contributed by atoms with Gasteiger partial charge < -0.3 is 15.5 Å². The Kier molecular flexibility index (Phi) is 5.15. The van der Waals surface area contributed by atoms with E-state index in [9.17, 15) is 4.79 Å². The SMILES string of the molecule is Cc1cc(N2CCCC2)nc(NCCNC(=O)c2cnccn2)n1. The van der Waals surface area contributed by atoms with Crippen LogP contribution in [0.1, 0.15) is 29.0 Å². The van der Waals surface area contributed by atoms with Crippen molar-refractivity contribution >= 4 is 17.7 Å². The van der Waals surface area contributed by atoms with E-state index in [1.165, 1.54) is 31.4 Å². The second kappa shape index (κ2) is 7.67. The van der Waals surface area contributed by atoms with Gasteiger partial charge >= 0.3 is 0 Å². The number of nitrogens with one attached hydrogen (secondary N) is 2. The molecule has 8 heteroatoms. The number of carbonyl (C=O) groups is 1. The molecular weight excluding hydrogens is 306 g/mol. The van der Waals surface area contributed by atoms with Crippen molar-refractivity contribution in [1.29, 1.82) is 0 Å². The standard InChI is InChI=1S/C16H21N7O/c1-12-10-14(23-8-2-3-9-23)22-16(21-12)20-7-6-19-15(24)13-11-17-4-5-18-13/h4-5,10-11H,2-3,6-9H2,1H3,(H,19,24)(H,20,21,22). The van der Waals surface area contributed by atoms with Crippen LogP contribution in [0.3, 0.4) is 0 Å². The Morgan fingerprint density at radius 2 is 2.04 bits per heavy atom. The largest absolute Gasteiger partial charge is 0.356 e. The van der Waals surface area contributed by atoms with Crippen LogP contribution in [0.4, 0.5) is 11.8 Å². The molecule has 0 atom stereocenters. The van der Waals surface area contributed by atoms with Gasteiger partial charge in [0.05, 0.1) is 6.20 Å². The van der Waals surface area contributed by atoms with Gasteiger partial charge in [-0.2, -0.15) is 4.98 Å². The zero-order valence-corrected chi connectivity index (χ0v) is 13.7. The van der Waals surface area contributed by atoms with Crippen molar-refractivity contribution in [3.8, 4) is 0 Å². The monoisotopic (exact) mass is 327 g/mol. The number of hydrogen-bond donors (Lipinski definition) is 2. The number of amides is 1. The fourth-order valence-electron chi connectivity index (χ4n) is 2.60. The number of hydrogen-bond acceptors (Lipinski definition) is 7. The summed E-state index contributed by atoms with van der Waals surface area (Å²) in [7, 11) is 0. The van der Waals surface area contributed by atoms with E-state index in [1.807, 2.05) is 13.0 Å². The van der Waals surface area contributed by atoms with Gasteiger partial charge in [0.15, 0.2) is 0 Å². The minimum Gasteiger partial charge on any atom is -0.356 e. The number of aromatic nitrogens is 4. The van der Waals surface area contributed by atoms with Crippen molar-refractivity contribution in [2.24, 2.45) is 0 Å². The number of rotatable bonds is 6. The van der Waals surface area contributed by atoms with Crippen LogP contribution in [0.5, 0.6) is 0 Å². The molecule has 2 N–H and O–H groups in total. The second-order valence-electron chi connectivity index (χ2n) is 5.66. The Bertz CT molecular complexity index is 686. The van der Waals surface area contributed by atoms with E-state index in [4.69, 9.17) is 0 Å². The Morgan fingerprint density at radius 1 is 1.21 bits per heavy atom. The van der Waals surface area contributed by atoms with Crippen LogP contribution >= 0.6 is 0 Å². The summed E-state index contributed by atoms with van der Waals surface area (Å²) >= 11 is 0. The summed E-state index contributed by atoms with van der Waals surface area (Å²) in [4.78, 5) is 30.9. The highest BCUT2D eigenvalue weighted by molar-refractivity contribution is 5.91. The van der Waals surface area contributed by atoms with Crippen molar-refractivity contribution in [2.45, 2.75) is 19.8 Å². The summed E-state index contributed by atoms with van der Waals surface area (Å²) < 4.78 is 0. The molecule has 1 aliphatic heterocycles. The van der Waals surface area contributed by atoms with Crippen LogP contribution in [0.25, 0.3) is 0 Å². The van der Waals surface area contributed by atoms with Gasteiger partial charge in [0, 0.05) is 50.3 Å². The Labute approximate surface area is 140 Å². The maximum Gasteiger partial charge on any atom is 0.271 e. The van der Waals surface area contributed by atoms with E-state index >= 15 is 0 Å². The van der Waals surface area contributed by atoms with Gasteiger partial charge in [-0.1, -0.05) is 0 Å². The number of nitrogens with zero attached hydrogens (tertiary/aromatic N) is 5. The van der Waals surface area contributed by atoms with E-state index in [2.05, 4.69) is 35.5 Å². The zero-order valence-electron chi connectivity index (χ0n) is 13.7. The number of anilines is 2. The molecule has 2 aromatic heterocycles. The summed E-state index contributed by atoms with van der Waals surface area (Å²) in [6, 6.07) is 2.01. The van der Waals surface area contributed by atoms with Crippen LogP contribution in [-0.4, -0.2) is 52.0 Å². The first-order valence-corrected chi connectivity index (χ1v) is 8.11. The topological polar surface area (TPSA) is 95.9 Å². The van der Waals surface area contributed by atoms with Crippen molar-refractivity contribution in [3.63, 3.8) is 0 Å². The summed E-state index contributed by atoms with van der Waals surface area (Å²) in [5.74, 6) is 1.31. The average Bonchev–Trinajstić information content (AvgIpc) is 3.13. The highest BCUT2D eigenvalue weighted by atomic mass is 16.1. The van der Waals surface area contributed by atoms with Crippen LogP contribution in [0.15, 0.2) is 24.7 Å². The summed E-state index contributed by atoms with van der Waals surface area (Å²) in [6.45, 7) is 5.04. The smallest absolute Gasteiger partial charge is 0.271 e. The fraction of sp³-hybridized carbons (Fsp3) is 0.438. The van der Waals surface area contributed by atoms with Crippen LogP contribution in [0, 0.1) is 6.92 Å². The third kappa shape index (κ3) is 4.15. The van der Waals surface area contributed by atoms with Crippen molar-refractivity contribution in [3.05, 3.63) is 36.0 Å². The van der Waals surface area contributed by atoms with Crippen molar-refractivity contribution in [1.82, 2.24) is 25.3 Å². The predicted molar refractivity (Wildman–Crippen MR) is 91.1 cm³/mol. The Morgan fingerprint density at radius 3 is 2.79 bits per heavy atom. The number of carbonyl (C=O) groups excluding carboxylic acids is 1. The maximum absolute atomic E-state index is 11.9. The van der Waals surface area contributed by atoms with E-state index in [1.54, 1.807) is 0 Å². The van der Waals surface area contributed by atoms with Gasteiger partial charge in [0.25, 0.3) is 5.91 Å². The molecule has 1 fully saturated rings. The Balaban J connectivity index is 1.50. The lowest BCUT2D eigenvalue weighted by Crippen LogP contribution is -2.30. The lowest BCUT2D eigenvalue weighted by molar-refractivity contribution is 0.0950. The first-order valence-electron chi connectivity index (χ1n) is 8.11. The Hall–Kier alpha value is -2.77. The third-order valence-electron chi connectivity index (χ3n) is 3.76. The number of aryl methyl sites for hydroxylation is 1. The molecule has 126 valence electrons. The molecule has 0 unspecified atom stereocenters. The molecule has 1 saturated heterocycles. The summed E-state index contributed by atoms with van der Waals surface area (Å²) in [5.41, 5.74) is 1.23. The predicted octanol–water partition coefficient (Wildman–Crippen LogP) is 1.02. The zero-order chi connectivity index (χ0) is 16.8.